The third kappa shape index (κ3) is 7.44. The molecule has 7 nitrogen and oxygen atoms in total. The van der Waals surface area contributed by atoms with Crippen LogP contribution < -0.4 is 14.9 Å². The highest BCUT2D eigenvalue weighted by Gasteiger charge is 2.07. The molecule has 0 saturated heterocycles. The average Bonchev–Trinajstić information content (AvgIpc) is 2.96. The van der Waals surface area contributed by atoms with Gasteiger partial charge in [-0.3, -0.25) is 4.79 Å². The second-order valence-corrected chi connectivity index (χ2v) is 8.59. The van der Waals surface area contributed by atoms with E-state index in [2.05, 4.69) is 10.5 Å². The first-order valence-corrected chi connectivity index (χ1v) is 12.1. The number of methoxy groups -OCH3 is 1. The first kappa shape index (κ1) is 26.4. The smallest absolute Gasteiger partial charge is 0.337 e. The first-order chi connectivity index (χ1) is 18.5. The maximum atomic E-state index is 12.5. The molecule has 0 radical (unpaired) electrons. The molecule has 0 heterocycles. The van der Waals surface area contributed by atoms with Gasteiger partial charge in [-0.1, -0.05) is 48.0 Å². The Hall–Kier alpha value is -4.62. The highest BCUT2D eigenvalue weighted by atomic mass is 35.5. The van der Waals surface area contributed by atoms with Gasteiger partial charge in [0.2, 0.25) is 0 Å². The molecule has 0 saturated carbocycles. The second-order valence-electron chi connectivity index (χ2n) is 8.15. The van der Waals surface area contributed by atoms with Crippen molar-refractivity contribution in [2.45, 2.75) is 13.2 Å². The highest BCUT2D eigenvalue weighted by Crippen LogP contribution is 2.19. The lowest BCUT2D eigenvalue weighted by atomic mass is 10.1. The summed E-state index contributed by atoms with van der Waals surface area (Å²) in [5.74, 6) is 0.504. The van der Waals surface area contributed by atoms with Crippen molar-refractivity contribution >= 4 is 29.7 Å². The van der Waals surface area contributed by atoms with Crippen molar-refractivity contribution in [2.75, 3.05) is 7.11 Å². The predicted molar refractivity (Wildman–Crippen MR) is 146 cm³/mol. The Morgan fingerprint density at radius 3 is 2.08 bits per heavy atom. The Morgan fingerprint density at radius 1 is 0.789 bits per heavy atom. The predicted octanol–water partition coefficient (Wildman–Crippen LogP) is 6.05. The zero-order chi connectivity index (χ0) is 26.7. The fraction of sp³-hybridized carbons (Fsp3) is 0.100. The van der Waals surface area contributed by atoms with Gasteiger partial charge in [0.05, 0.1) is 18.9 Å². The summed E-state index contributed by atoms with van der Waals surface area (Å²) in [5, 5.41) is 4.75. The number of halogens is 1. The van der Waals surface area contributed by atoms with E-state index in [-0.39, 0.29) is 11.9 Å². The number of ether oxygens (including phenoxy) is 3. The molecule has 0 spiro atoms. The van der Waals surface area contributed by atoms with Gasteiger partial charge in [-0.15, -0.1) is 0 Å². The Morgan fingerprint density at radius 2 is 1.39 bits per heavy atom. The number of benzene rings is 4. The lowest BCUT2D eigenvalue weighted by Crippen LogP contribution is -2.17. The van der Waals surface area contributed by atoms with Crippen LogP contribution in [0.15, 0.2) is 102 Å². The van der Waals surface area contributed by atoms with Gasteiger partial charge in [-0.25, -0.2) is 10.2 Å². The molecule has 4 aromatic carbocycles. The van der Waals surface area contributed by atoms with Crippen molar-refractivity contribution in [3.8, 4) is 11.5 Å². The average molecular weight is 529 g/mol. The molecule has 0 fully saturated rings. The summed E-state index contributed by atoms with van der Waals surface area (Å²) in [4.78, 5) is 24.1. The van der Waals surface area contributed by atoms with Crippen LogP contribution in [0.4, 0.5) is 0 Å². The molecule has 0 atom stereocenters. The minimum Gasteiger partial charge on any atom is -0.489 e. The first-order valence-electron chi connectivity index (χ1n) is 11.7. The van der Waals surface area contributed by atoms with E-state index in [0.29, 0.717) is 46.4 Å². The molecular weight excluding hydrogens is 504 g/mol. The van der Waals surface area contributed by atoms with Crippen molar-refractivity contribution in [3.05, 3.63) is 130 Å². The number of rotatable bonds is 10. The van der Waals surface area contributed by atoms with E-state index in [1.807, 2.05) is 48.5 Å². The molecule has 0 aliphatic carbocycles. The largest absolute Gasteiger partial charge is 0.489 e. The van der Waals surface area contributed by atoms with Crippen molar-refractivity contribution in [1.82, 2.24) is 5.43 Å². The zero-order valence-electron chi connectivity index (χ0n) is 20.6. The van der Waals surface area contributed by atoms with Gasteiger partial charge < -0.3 is 14.2 Å². The quantitative estimate of drug-likeness (QED) is 0.154. The number of para-hydroxylation sites is 1. The van der Waals surface area contributed by atoms with Crippen LogP contribution in [-0.2, 0) is 18.0 Å². The third-order valence-corrected chi connectivity index (χ3v) is 5.75. The second kappa shape index (κ2) is 13.1. The van der Waals surface area contributed by atoms with Gasteiger partial charge >= 0.3 is 5.97 Å². The number of hydrogen-bond acceptors (Lipinski definition) is 6. The number of carbonyl (C=O) groups is 2. The third-order valence-electron chi connectivity index (χ3n) is 5.49. The Labute approximate surface area is 225 Å². The van der Waals surface area contributed by atoms with Crippen LogP contribution in [0, 0.1) is 0 Å². The molecule has 0 aromatic heterocycles. The molecule has 8 heteroatoms. The molecule has 0 bridgehead atoms. The van der Waals surface area contributed by atoms with Crippen molar-refractivity contribution < 1.29 is 23.8 Å². The fourth-order valence-corrected chi connectivity index (χ4v) is 3.54. The zero-order valence-corrected chi connectivity index (χ0v) is 21.4. The summed E-state index contributed by atoms with van der Waals surface area (Å²) in [7, 11) is 1.34. The van der Waals surface area contributed by atoms with Crippen LogP contribution in [0.2, 0.25) is 5.02 Å². The molecule has 192 valence electrons. The number of hydrogen-bond donors (Lipinski definition) is 1. The Bertz CT molecular complexity index is 1400. The highest BCUT2D eigenvalue weighted by molar-refractivity contribution is 6.30. The normalized spacial score (nSPS) is 10.7. The maximum Gasteiger partial charge on any atom is 0.337 e. The minimum atomic E-state index is -0.389. The summed E-state index contributed by atoms with van der Waals surface area (Å²) < 4.78 is 16.4. The molecule has 0 aliphatic rings. The molecule has 0 unspecified atom stereocenters. The fourth-order valence-electron chi connectivity index (χ4n) is 3.41. The number of nitrogens with one attached hydrogen (secondary N) is 1. The Kier molecular flexibility index (Phi) is 9.10. The molecule has 4 rings (SSSR count). The molecule has 1 amide bonds. The van der Waals surface area contributed by atoms with E-state index < -0.39 is 0 Å². The molecule has 38 heavy (non-hydrogen) atoms. The van der Waals surface area contributed by atoms with E-state index in [9.17, 15) is 9.59 Å². The summed E-state index contributed by atoms with van der Waals surface area (Å²) >= 11 is 5.90. The van der Waals surface area contributed by atoms with Gasteiger partial charge in [-0.05, 0) is 71.8 Å². The monoisotopic (exact) mass is 528 g/mol. The molecule has 1 N–H and O–H groups in total. The lowest BCUT2D eigenvalue weighted by Gasteiger charge is -2.09. The van der Waals surface area contributed by atoms with Crippen LogP contribution in [0.25, 0.3) is 0 Å². The van der Waals surface area contributed by atoms with Gasteiger partial charge in [0, 0.05) is 16.1 Å². The number of nitrogens with zero attached hydrogens (tertiary/aromatic N) is 1. The molecule has 4 aromatic rings. The number of carbonyl (C=O) groups excluding carboxylic acids is 2. The van der Waals surface area contributed by atoms with Crippen LogP contribution in [-0.4, -0.2) is 25.2 Å². The van der Waals surface area contributed by atoms with Crippen LogP contribution in [0.1, 0.15) is 37.4 Å². The molecular formula is C30H25ClN2O5. The number of amides is 1. The molecule has 0 aliphatic heterocycles. The van der Waals surface area contributed by atoms with Crippen LogP contribution in [0.5, 0.6) is 11.5 Å². The minimum absolute atomic E-state index is 0.297. The van der Waals surface area contributed by atoms with Gasteiger partial charge in [0.1, 0.15) is 24.7 Å². The summed E-state index contributed by atoms with van der Waals surface area (Å²) in [5.41, 5.74) is 6.03. The summed E-state index contributed by atoms with van der Waals surface area (Å²) in [6.07, 6.45) is 1.52. The number of esters is 1. The summed E-state index contributed by atoms with van der Waals surface area (Å²) in [6, 6.07) is 28.5. The number of hydrazone groups is 1. The lowest BCUT2D eigenvalue weighted by molar-refractivity contribution is 0.0600. The SMILES string of the molecule is COC(=O)c1ccc(COc2ccccc2/C=N/NC(=O)c2ccc(OCc3ccc(Cl)cc3)cc2)cc1. The van der Waals surface area contributed by atoms with E-state index in [0.717, 1.165) is 11.1 Å². The standard InChI is InChI=1S/C30H25ClN2O5/c1-36-30(35)24-10-6-21(7-11-24)20-38-28-5-3-2-4-25(28)18-32-33-29(34)23-12-16-27(17-13-23)37-19-22-8-14-26(31)15-9-22/h2-18H,19-20H2,1H3,(H,33,34)/b32-18+. The van der Waals surface area contributed by atoms with E-state index >= 15 is 0 Å². The Balaban J connectivity index is 1.29. The van der Waals surface area contributed by atoms with Crippen LogP contribution in [0.3, 0.4) is 0 Å². The van der Waals surface area contributed by atoms with Crippen molar-refractivity contribution in [1.29, 1.82) is 0 Å². The summed E-state index contributed by atoms with van der Waals surface area (Å²) in [6.45, 7) is 0.693. The van der Waals surface area contributed by atoms with Crippen LogP contribution >= 0.6 is 11.6 Å². The van der Waals surface area contributed by atoms with E-state index in [1.165, 1.54) is 13.3 Å². The maximum absolute atomic E-state index is 12.5. The topological polar surface area (TPSA) is 86.2 Å². The van der Waals surface area contributed by atoms with Gasteiger partial charge in [-0.2, -0.15) is 5.10 Å². The van der Waals surface area contributed by atoms with Gasteiger partial charge in [0.15, 0.2) is 0 Å². The van der Waals surface area contributed by atoms with E-state index in [4.69, 9.17) is 25.8 Å². The van der Waals surface area contributed by atoms with Crippen molar-refractivity contribution in [3.63, 3.8) is 0 Å². The van der Waals surface area contributed by atoms with E-state index in [1.54, 1.807) is 48.5 Å². The van der Waals surface area contributed by atoms with Crippen molar-refractivity contribution in [2.24, 2.45) is 5.10 Å². The van der Waals surface area contributed by atoms with Gasteiger partial charge in [0.25, 0.3) is 5.91 Å².